The monoisotopic (exact) mass is 497 g/mol. The van der Waals surface area contributed by atoms with Gasteiger partial charge in [-0.05, 0) is 49.3 Å². The quantitative estimate of drug-likeness (QED) is 0.358. The summed E-state index contributed by atoms with van der Waals surface area (Å²) >= 11 is 0. The number of hydrogen-bond donors (Lipinski definition) is 2. The number of rotatable bonds is 11. The van der Waals surface area contributed by atoms with E-state index < -0.39 is 12.0 Å². The van der Waals surface area contributed by atoms with E-state index in [0.717, 1.165) is 54.1 Å². The summed E-state index contributed by atoms with van der Waals surface area (Å²) < 4.78 is 9.94. The lowest BCUT2D eigenvalue weighted by Gasteiger charge is -2.28. The Bertz CT molecular complexity index is 1070. The molecule has 0 unspecified atom stereocenters. The van der Waals surface area contributed by atoms with Gasteiger partial charge in [-0.2, -0.15) is 0 Å². The molecule has 2 amide bonds. The minimum absolute atomic E-state index is 0.0267. The third-order valence-corrected chi connectivity index (χ3v) is 6.26. The molecular formula is C26H35N5O5. The maximum Gasteiger partial charge on any atom is 0.307 e. The largest absolute Gasteiger partial charge is 0.481 e. The van der Waals surface area contributed by atoms with E-state index in [1.165, 1.54) is 21.1 Å². The molecule has 36 heavy (non-hydrogen) atoms. The molecule has 0 saturated heterocycles. The van der Waals surface area contributed by atoms with E-state index in [9.17, 15) is 14.4 Å². The Morgan fingerprint density at radius 1 is 1.22 bits per heavy atom. The van der Waals surface area contributed by atoms with Crippen LogP contribution in [0.3, 0.4) is 0 Å². The maximum absolute atomic E-state index is 13.0. The summed E-state index contributed by atoms with van der Waals surface area (Å²) in [5, 5.41) is 6.22. The van der Waals surface area contributed by atoms with Crippen LogP contribution in [0.4, 0.5) is 11.5 Å². The number of nitrogens with one attached hydrogen (secondary N) is 2. The second-order valence-corrected chi connectivity index (χ2v) is 8.84. The van der Waals surface area contributed by atoms with Crippen molar-refractivity contribution >= 4 is 29.3 Å². The van der Waals surface area contributed by atoms with E-state index in [1.54, 1.807) is 30.3 Å². The molecule has 1 aliphatic rings. The minimum atomic E-state index is -0.497. The lowest BCUT2D eigenvalue weighted by molar-refractivity contribution is -0.143. The number of aromatic nitrogens is 2. The normalized spacial score (nSPS) is 13.1. The average Bonchev–Trinajstić information content (AvgIpc) is 2.88. The van der Waals surface area contributed by atoms with Gasteiger partial charge in [0.2, 0.25) is 17.7 Å². The van der Waals surface area contributed by atoms with Crippen molar-refractivity contribution in [3.05, 3.63) is 41.2 Å². The zero-order chi connectivity index (χ0) is 26.1. The molecule has 0 radical (unpaired) electrons. The number of esters is 1. The molecule has 0 saturated carbocycles. The van der Waals surface area contributed by atoms with Crippen LogP contribution in [0.15, 0.2) is 24.4 Å². The Hall–Kier alpha value is -3.69. The topological polar surface area (TPSA) is 123 Å². The fraction of sp³-hybridized carbons (Fsp3) is 0.500. The SMILES string of the molecule is COC(=O)C[C@@H](c1ccc(OC)nc1)N(C)C(=O)CCCCc1nc2c(cc1NC(C)=O)CCCN2. The number of pyridine rings is 2. The Kier molecular flexibility index (Phi) is 9.61. The van der Waals surface area contributed by atoms with E-state index in [1.807, 2.05) is 6.07 Å². The van der Waals surface area contributed by atoms with Crippen LogP contribution in [-0.4, -0.2) is 60.5 Å². The number of aryl methyl sites for hydroxylation is 2. The number of amides is 2. The van der Waals surface area contributed by atoms with Crippen LogP contribution in [0, 0.1) is 0 Å². The van der Waals surface area contributed by atoms with Crippen LogP contribution in [0.25, 0.3) is 0 Å². The van der Waals surface area contributed by atoms with Gasteiger partial charge in [0.15, 0.2) is 0 Å². The second-order valence-electron chi connectivity index (χ2n) is 8.84. The first kappa shape index (κ1) is 26.9. The molecular weight excluding hydrogens is 462 g/mol. The van der Waals surface area contributed by atoms with E-state index in [4.69, 9.17) is 14.5 Å². The molecule has 10 heteroatoms. The van der Waals surface area contributed by atoms with Crippen molar-refractivity contribution in [3.8, 4) is 5.88 Å². The van der Waals surface area contributed by atoms with Gasteiger partial charge in [-0.25, -0.2) is 9.97 Å². The van der Waals surface area contributed by atoms with Gasteiger partial charge in [-0.15, -0.1) is 0 Å². The van der Waals surface area contributed by atoms with Gasteiger partial charge in [0.05, 0.1) is 38.1 Å². The van der Waals surface area contributed by atoms with Crippen molar-refractivity contribution in [2.75, 3.05) is 38.4 Å². The molecule has 1 atom stereocenters. The summed E-state index contributed by atoms with van der Waals surface area (Å²) in [5.41, 5.74) is 3.38. The van der Waals surface area contributed by atoms with Gasteiger partial charge in [-0.3, -0.25) is 14.4 Å². The molecule has 1 aliphatic heterocycles. The molecule has 0 aromatic carbocycles. The highest BCUT2D eigenvalue weighted by molar-refractivity contribution is 5.89. The van der Waals surface area contributed by atoms with Crippen molar-refractivity contribution in [1.29, 1.82) is 0 Å². The number of nitrogens with zero attached hydrogens (tertiary/aromatic N) is 3. The van der Waals surface area contributed by atoms with Gasteiger partial charge < -0.3 is 25.0 Å². The first-order chi connectivity index (χ1) is 17.3. The first-order valence-electron chi connectivity index (χ1n) is 12.2. The third-order valence-electron chi connectivity index (χ3n) is 6.26. The molecule has 0 spiro atoms. The highest BCUT2D eigenvalue weighted by Gasteiger charge is 2.25. The molecule has 0 fully saturated rings. The van der Waals surface area contributed by atoms with Gasteiger partial charge in [0.1, 0.15) is 5.82 Å². The Labute approximate surface area is 211 Å². The smallest absolute Gasteiger partial charge is 0.307 e. The Morgan fingerprint density at radius 2 is 2.03 bits per heavy atom. The Morgan fingerprint density at radius 3 is 2.69 bits per heavy atom. The standard InChI is InChI=1S/C26H35N5O5/c1-17(32)29-21-14-18-8-7-13-27-26(18)30-20(21)9-5-6-10-24(33)31(2)22(15-25(34)36-4)19-11-12-23(35-3)28-16-19/h11-12,14,16,22H,5-10,13,15H2,1-4H3,(H,27,30)(H,29,32)/t22-/m0/s1. The minimum Gasteiger partial charge on any atom is -0.481 e. The van der Waals surface area contributed by atoms with Gasteiger partial charge in [0, 0.05) is 39.2 Å². The third kappa shape index (κ3) is 7.16. The molecule has 3 heterocycles. The zero-order valence-electron chi connectivity index (χ0n) is 21.4. The van der Waals surface area contributed by atoms with E-state index in [2.05, 4.69) is 15.6 Å². The van der Waals surface area contributed by atoms with E-state index in [-0.39, 0.29) is 18.2 Å². The summed E-state index contributed by atoms with van der Waals surface area (Å²) in [7, 11) is 4.54. The van der Waals surface area contributed by atoms with Crippen molar-refractivity contribution in [3.63, 3.8) is 0 Å². The Balaban J connectivity index is 1.62. The molecule has 0 bridgehead atoms. The maximum atomic E-state index is 13.0. The second kappa shape index (κ2) is 12.9. The van der Waals surface area contributed by atoms with E-state index in [0.29, 0.717) is 25.1 Å². The number of carbonyl (C=O) groups is 3. The number of unbranched alkanes of at least 4 members (excludes halogenated alkanes) is 1. The number of hydrogen-bond acceptors (Lipinski definition) is 8. The molecule has 2 aromatic rings. The predicted molar refractivity (Wildman–Crippen MR) is 136 cm³/mol. The predicted octanol–water partition coefficient (Wildman–Crippen LogP) is 3.28. The van der Waals surface area contributed by atoms with Crippen LogP contribution in [0.5, 0.6) is 5.88 Å². The number of fused-ring (bicyclic) bond motifs is 1. The lowest BCUT2D eigenvalue weighted by Crippen LogP contribution is -2.32. The van der Waals surface area contributed by atoms with Crippen LogP contribution >= 0.6 is 0 Å². The van der Waals surface area contributed by atoms with Crippen LogP contribution in [0.1, 0.15) is 61.9 Å². The van der Waals surface area contributed by atoms with Crippen molar-refractivity contribution in [2.24, 2.45) is 0 Å². The lowest BCUT2D eigenvalue weighted by atomic mass is 10.0. The molecule has 2 N–H and O–H groups in total. The van der Waals surface area contributed by atoms with Crippen molar-refractivity contribution in [2.45, 2.75) is 57.9 Å². The van der Waals surface area contributed by atoms with Crippen LogP contribution in [0.2, 0.25) is 0 Å². The highest BCUT2D eigenvalue weighted by Crippen LogP contribution is 2.28. The highest BCUT2D eigenvalue weighted by atomic mass is 16.5. The zero-order valence-corrected chi connectivity index (χ0v) is 21.4. The number of carbonyl (C=O) groups excluding carboxylic acids is 3. The fourth-order valence-corrected chi connectivity index (χ4v) is 4.26. The van der Waals surface area contributed by atoms with Crippen molar-refractivity contribution in [1.82, 2.24) is 14.9 Å². The summed E-state index contributed by atoms with van der Waals surface area (Å²) in [5.74, 6) is 0.701. The van der Waals surface area contributed by atoms with Crippen LogP contribution < -0.4 is 15.4 Å². The number of methoxy groups -OCH3 is 2. The number of ether oxygens (including phenoxy) is 2. The van der Waals surface area contributed by atoms with Crippen molar-refractivity contribution < 1.29 is 23.9 Å². The molecule has 194 valence electrons. The molecule has 0 aliphatic carbocycles. The number of anilines is 2. The molecule has 10 nitrogen and oxygen atoms in total. The molecule has 2 aromatic heterocycles. The van der Waals surface area contributed by atoms with Gasteiger partial charge in [0.25, 0.3) is 0 Å². The van der Waals surface area contributed by atoms with Crippen LogP contribution in [-0.2, 0) is 32.0 Å². The average molecular weight is 498 g/mol. The first-order valence-corrected chi connectivity index (χ1v) is 12.2. The summed E-state index contributed by atoms with van der Waals surface area (Å²) in [6.45, 7) is 2.37. The van der Waals surface area contributed by atoms with Gasteiger partial charge >= 0.3 is 5.97 Å². The molecule has 3 rings (SSSR count). The van der Waals surface area contributed by atoms with Gasteiger partial charge in [-0.1, -0.05) is 6.07 Å². The fourth-order valence-electron chi connectivity index (χ4n) is 4.26. The summed E-state index contributed by atoms with van der Waals surface area (Å²) in [4.78, 5) is 47.3. The summed E-state index contributed by atoms with van der Waals surface area (Å²) in [6, 6.07) is 5.00. The summed E-state index contributed by atoms with van der Waals surface area (Å²) in [6.07, 6.45) is 5.91. The van der Waals surface area contributed by atoms with E-state index >= 15 is 0 Å².